The Morgan fingerprint density at radius 2 is 0.929 bits per heavy atom. The SMILES string of the molecule is c1ccc(N2c3ccccc3B3c4cc5c(cc4Oc4cc(N6CCCCC6)cc2c43)sc2cc3c(cc25)B2c4oc5ccccc5c4N(c4ccccc4)c4cc(N5CCCCC5)cc(c42)O3)cc1. The number of para-hydroxylation sites is 4. The lowest BCUT2D eigenvalue weighted by Gasteiger charge is -2.41. The molecule has 10 heteroatoms. The first-order valence-electron chi connectivity index (χ1n) is 25.3. The van der Waals surface area contributed by atoms with Crippen molar-refractivity contribution >= 4 is 134 Å². The number of fused-ring (bicyclic) bond motifs is 13. The molecule has 336 valence electrons. The van der Waals surface area contributed by atoms with E-state index in [0.717, 1.165) is 99.5 Å². The molecule has 16 rings (SSSR count). The van der Waals surface area contributed by atoms with Crippen molar-refractivity contribution in [1.29, 1.82) is 0 Å². The molecule has 0 unspecified atom stereocenters. The van der Waals surface area contributed by atoms with Crippen LogP contribution in [-0.2, 0) is 0 Å². The van der Waals surface area contributed by atoms with Gasteiger partial charge < -0.3 is 33.5 Å². The summed E-state index contributed by atoms with van der Waals surface area (Å²) < 4.78 is 24.0. The second kappa shape index (κ2) is 15.0. The fourth-order valence-corrected chi connectivity index (χ4v) is 14.1. The van der Waals surface area contributed by atoms with Crippen LogP contribution >= 0.6 is 11.3 Å². The smallest absolute Gasteiger partial charge is 0.301 e. The standard InChI is InChI=1S/C60H46B2N4O3S/c1-5-17-37(18-6-1)65-47-23-11-10-22-44(47)61-45-33-42-43-34-46-52(36-56(43)70-55(42)35-51(45)67-53-31-39(29-48(65)57(53)61)63-25-13-3-14-26-63)68-54-32-40(64-27-15-4-16-28-64)30-49-58(54)62(46)60-59(41-21-9-12-24-50(41)69-60)66(49)38-19-7-2-8-20-38/h1-2,5-12,17-24,29-36H,3-4,13-16,25-28H2. The molecule has 8 aromatic carbocycles. The van der Waals surface area contributed by atoms with Crippen molar-refractivity contribution in [2.24, 2.45) is 0 Å². The summed E-state index contributed by atoms with van der Waals surface area (Å²) in [6.45, 7) is 4.03. The van der Waals surface area contributed by atoms with Crippen molar-refractivity contribution < 1.29 is 13.9 Å². The summed E-state index contributed by atoms with van der Waals surface area (Å²) in [6.07, 6.45) is 7.37. The molecular formula is C60H46B2N4O3S. The Kier molecular flexibility index (Phi) is 8.41. The number of thiophene rings is 1. The third-order valence-electron chi connectivity index (χ3n) is 16.1. The molecule has 0 aliphatic carbocycles. The lowest BCUT2D eigenvalue weighted by atomic mass is 9.34. The Morgan fingerprint density at radius 3 is 1.57 bits per heavy atom. The average molecular weight is 925 g/mol. The topological polar surface area (TPSA) is 44.6 Å². The molecule has 7 nitrogen and oxygen atoms in total. The quantitative estimate of drug-likeness (QED) is 0.163. The van der Waals surface area contributed by atoms with E-state index < -0.39 is 0 Å². The number of piperidine rings is 2. The number of furan rings is 1. The molecule has 8 heterocycles. The van der Waals surface area contributed by atoms with Crippen LogP contribution in [0.3, 0.4) is 0 Å². The van der Waals surface area contributed by atoms with Crippen molar-refractivity contribution in [2.45, 2.75) is 38.5 Å². The van der Waals surface area contributed by atoms with Gasteiger partial charge in [0.15, 0.2) is 0 Å². The molecular weight excluding hydrogens is 878 g/mol. The Hall–Kier alpha value is -7.55. The van der Waals surface area contributed by atoms with Gasteiger partial charge >= 0.3 is 6.71 Å². The Morgan fingerprint density at radius 1 is 0.400 bits per heavy atom. The molecule has 2 saturated heterocycles. The Balaban J connectivity index is 0.909. The minimum atomic E-state index is -0.176. The van der Waals surface area contributed by atoms with E-state index in [4.69, 9.17) is 13.9 Å². The van der Waals surface area contributed by atoms with Crippen LogP contribution in [0.2, 0.25) is 0 Å². The number of ether oxygens (including phenoxy) is 2. The summed E-state index contributed by atoms with van der Waals surface area (Å²) in [4.78, 5) is 10.0. The number of nitrogens with zero attached hydrogens (tertiary/aromatic N) is 4. The van der Waals surface area contributed by atoms with Crippen molar-refractivity contribution in [3.8, 4) is 23.0 Å². The Bertz CT molecular complexity index is 3810. The zero-order valence-corrected chi connectivity index (χ0v) is 39.5. The molecule has 10 aromatic rings. The fourth-order valence-electron chi connectivity index (χ4n) is 13.0. The molecule has 0 spiro atoms. The predicted octanol–water partition coefficient (Wildman–Crippen LogP) is 11.6. The Labute approximate surface area is 411 Å². The van der Waals surface area contributed by atoms with Gasteiger partial charge in [0.1, 0.15) is 28.6 Å². The van der Waals surface area contributed by atoms with Crippen molar-refractivity contribution in [3.05, 3.63) is 158 Å². The highest BCUT2D eigenvalue weighted by atomic mass is 32.1. The predicted molar refractivity (Wildman–Crippen MR) is 293 cm³/mol. The first-order chi connectivity index (χ1) is 34.7. The maximum atomic E-state index is 7.26. The van der Waals surface area contributed by atoms with Gasteiger partial charge in [0.05, 0.1) is 11.3 Å². The van der Waals surface area contributed by atoms with Crippen LogP contribution in [0.5, 0.6) is 23.0 Å². The summed E-state index contributed by atoms with van der Waals surface area (Å²) in [7, 11) is 0. The number of rotatable bonds is 4. The van der Waals surface area contributed by atoms with Crippen LogP contribution in [0.1, 0.15) is 38.5 Å². The van der Waals surface area contributed by atoms with E-state index in [-0.39, 0.29) is 13.4 Å². The zero-order valence-electron chi connectivity index (χ0n) is 38.7. The summed E-state index contributed by atoms with van der Waals surface area (Å²) in [6, 6.07) is 58.2. The van der Waals surface area contributed by atoms with Gasteiger partial charge in [-0.2, -0.15) is 0 Å². The first-order valence-corrected chi connectivity index (χ1v) is 26.1. The minimum absolute atomic E-state index is 0.00964. The largest absolute Gasteiger partial charge is 0.468 e. The molecule has 6 aliphatic rings. The molecule has 6 aliphatic heterocycles. The summed E-state index contributed by atoms with van der Waals surface area (Å²) in [5.41, 5.74) is 17.2. The molecule has 0 saturated carbocycles. The van der Waals surface area contributed by atoms with Gasteiger partial charge in [-0.15, -0.1) is 11.3 Å². The van der Waals surface area contributed by atoms with Crippen molar-refractivity contribution in [3.63, 3.8) is 0 Å². The van der Waals surface area contributed by atoms with Gasteiger partial charge in [0, 0.05) is 109 Å². The minimum Gasteiger partial charge on any atom is -0.468 e. The number of hydrogen-bond donors (Lipinski definition) is 0. The average Bonchev–Trinajstić information content (AvgIpc) is 3.98. The van der Waals surface area contributed by atoms with Crippen LogP contribution in [0.15, 0.2) is 162 Å². The van der Waals surface area contributed by atoms with Crippen LogP contribution < -0.4 is 62.0 Å². The van der Waals surface area contributed by atoms with Gasteiger partial charge in [-0.05, 0) is 127 Å². The van der Waals surface area contributed by atoms with Crippen LogP contribution in [0.25, 0.3) is 31.1 Å². The molecule has 70 heavy (non-hydrogen) atoms. The number of hydrogen-bond acceptors (Lipinski definition) is 8. The lowest BCUT2D eigenvalue weighted by Crippen LogP contribution is -2.59. The maximum absolute atomic E-state index is 7.26. The van der Waals surface area contributed by atoms with E-state index in [1.807, 2.05) is 11.3 Å². The monoisotopic (exact) mass is 924 g/mol. The van der Waals surface area contributed by atoms with Gasteiger partial charge in [-0.1, -0.05) is 78.9 Å². The highest BCUT2D eigenvalue weighted by Crippen LogP contribution is 2.49. The molecule has 2 aromatic heterocycles. The first kappa shape index (κ1) is 39.3. The van der Waals surface area contributed by atoms with Gasteiger partial charge in [-0.3, -0.25) is 0 Å². The molecule has 0 N–H and O–H groups in total. The lowest BCUT2D eigenvalue weighted by molar-refractivity contribution is 0.487. The molecule has 0 amide bonds. The summed E-state index contributed by atoms with van der Waals surface area (Å²) in [5, 5.41) is 3.57. The van der Waals surface area contributed by atoms with Gasteiger partial charge in [0.25, 0.3) is 6.71 Å². The van der Waals surface area contributed by atoms with Crippen molar-refractivity contribution in [1.82, 2.24) is 0 Å². The maximum Gasteiger partial charge on any atom is 0.301 e. The van der Waals surface area contributed by atoms with Crippen LogP contribution in [0, 0.1) is 0 Å². The molecule has 0 atom stereocenters. The third kappa shape index (κ3) is 5.65. The zero-order chi connectivity index (χ0) is 45.6. The highest BCUT2D eigenvalue weighted by Gasteiger charge is 2.47. The summed E-state index contributed by atoms with van der Waals surface area (Å²) >= 11 is 1.83. The van der Waals surface area contributed by atoms with E-state index in [1.54, 1.807) is 0 Å². The van der Waals surface area contributed by atoms with E-state index in [1.165, 1.54) is 97.8 Å². The normalized spacial score (nSPS) is 16.3. The van der Waals surface area contributed by atoms with Gasteiger partial charge in [-0.25, -0.2) is 0 Å². The van der Waals surface area contributed by atoms with Gasteiger partial charge in [0.2, 0.25) is 0 Å². The van der Waals surface area contributed by atoms with Crippen molar-refractivity contribution in [2.75, 3.05) is 45.8 Å². The van der Waals surface area contributed by atoms with Crippen LogP contribution in [0.4, 0.5) is 45.5 Å². The molecule has 0 radical (unpaired) electrons. The second-order valence-corrected chi connectivity index (χ2v) is 21.1. The fraction of sp³-hybridized carbons (Fsp3) is 0.167. The second-order valence-electron chi connectivity index (χ2n) is 20.0. The van der Waals surface area contributed by atoms with E-state index >= 15 is 0 Å². The third-order valence-corrected chi connectivity index (χ3v) is 17.2. The molecule has 2 fully saturated rings. The number of benzene rings is 8. The van der Waals surface area contributed by atoms with E-state index in [0.29, 0.717) is 0 Å². The van der Waals surface area contributed by atoms with Crippen LogP contribution in [-0.4, -0.2) is 39.6 Å². The highest BCUT2D eigenvalue weighted by molar-refractivity contribution is 7.26. The summed E-state index contributed by atoms with van der Waals surface area (Å²) in [5.74, 6) is 3.69. The van der Waals surface area contributed by atoms with E-state index in [2.05, 4.69) is 177 Å². The van der Waals surface area contributed by atoms with E-state index in [9.17, 15) is 0 Å². The molecule has 0 bridgehead atoms. The number of anilines is 8.